The Balaban J connectivity index is 1.88. The fourth-order valence-electron chi connectivity index (χ4n) is 2.98. The number of amides is 1. The molecule has 6 heteroatoms. The van der Waals surface area contributed by atoms with E-state index in [1.807, 2.05) is 6.92 Å². The summed E-state index contributed by atoms with van der Waals surface area (Å²) >= 11 is 0. The molecule has 1 saturated heterocycles. The lowest BCUT2D eigenvalue weighted by Crippen LogP contribution is -2.52. The predicted octanol–water partition coefficient (Wildman–Crippen LogP) is 2.13. The van der Waals surface area contributed by atoms with Gasteiger partial charge in [0.1, 0.15) is 0 Å². The average molecular weight is 326 g/mol. The highest BCUT2D eigenvalue weighted by Gasteiger charge is 2.27. The van der Waals surface area contributed by atoms with Gasteiger partial charge in [-0.05, 0) is 37.5 Å². The van der Waals surface area contributed by atoms with Gasteiger partial charge in [0.25, 0.3) is 5.91 Å². The predicted molar refractivity (Wildman–Crippen MR) is 84.1 cm³/mol. The van der Waals surface area contributed by atoms with E-state index in [2.05, 4.69) is 11.8 Å². The summed E-state index contributed by atoms with van der Waals surface area (Å²) in [5, 5.41) is 9.29. The van der Waals surface area contributed by atoms with E-state index in [1.54, 1.807) is 11.9 Å². The van der Waals surface area contributed by atoms with Crippen LogP contribution in [0.5, 0.6) is 0 Å². The van der Waals surface area contributed by atoms with Gasteiger partial charge in [-0.2, -0.15) is 0 Å². The maximum absolute atomic E-state index is 13.3. The summed E-state index contributed by atoms with van der Waals surface area (Å²) < 4.78 is 26.2. The molecule has 1 N–H and O–H groups in total. The Morgan fingerprint density at radius 1 is 1.35 bits per heavy atom. The number of aliphatic hydroxyl groups excluding tert-OH is 1. The third-order valence-electron chi connectivity index (χ3n) is 4.40. The topological polar surface area (TPSA) is 43.8 Å². The standard InChI is InChI=1S/C17H24F2N2O2/c1-11(8-21-9-14(22)10-21)6-12(2)20(3)17(23)13-4-5-15(18)16(19)7-13/h4-5,7,11-12,14,22H,6,8-10H2,1-3H3. The van der Waals surface area contributed by atoms with Crippen LogP contribution in [0, 0.1) is 17.6 Å². The van der Waals surface area contributed by atoms with Gasteiger partial charge in [-0.3, -0.25) is 9.69 Å². The average Bonchev–Trinajstić information content (AvgIpc) is 2.46. The van der Waals surface area contributed by atoms with Crippen molar-refractivity contribution in [2.45, 2.75) is 32.4 Å². The first-order chi connectivity index (χ1) is 10.8. The van der Waals surface area contributed by atoms with Crippen LogP contribution >= 0.6 is 0 Å². The fraction of sp³-hybridized carbons (Fsp3) is 0.588. The lowest BCUT2D eigenvalue weighted by atomic mass is 9.99. The van der Waals surface area contributed by atoms with Gasteiger partial charge in [0.2, 0.25) is 0 Å². The van der Waals surface area contributed by atoms with Crippen molar-refractivity contribution in [2.24, 2.45) is 5.92 Å². The molecule has 0 bridgehead atoms. The van der Waals surface area contributed by atoms with E-state index in [-0.39, 0.29) is 23.6 Å². The first kappa shape index (κ1) is 17.8. The molecule has 0 saturated carbocycles. The van der Waals surface area contributed by atoms with Gasteiger partial charge in [-0.25, -0.2) is 8.78 Å². The summed E-state index contributed by atoms with van der Waals surface area (Å²) in [5.41, 5.74) is 0.150. The molecular weight excluding hydrogens is 302 g/mol. The maximum atomic E-state index is 13.3. The van der Waals surface area contributed by atoms with E-state index in [9.17, 15) is 18.7 Å². The zero-order chi connectivity index (χ0) is 17.1. The van der Waals surface area contributed by atoms with Crippen LogP contribution in [-0.4, -0.2) is 59.6 Å². The summed E-state index contributed by atoms with van der Waals surface area (Å²) in [6, 6.07) is 3.19. The Morgan fingerprint density at radius 3 is 2.57 bits per heavy atom. The van der Waals surface area contributed by atoms with E-state index < -0.39 is 11.6 Å². The Kier molecular flexibility index (Phi) is 5.70. The summed E-state index contributed by atoms with van der Waals surface area (Å²) in [6.07, 6.45) is 0.593. The number of rotatable bonds is 6. The molecular formula is C17H24F2N2O2. The lowest BCUT2D eigenvalue weighted by molar-refractivity contribution is -0.00713. The van der Waals surface area contributed by atoms with Gasteiger partial charge in [-0.1, -0.05) is 6.92 Å². The number of β-amino-alcohol motifs (C(OH)–C–C–N with tert-alkyl or cyclic N) is 1. The first-order valence-corrected chi connectivity index (χ1v) is 7.90. The normalized spacial score (nSPS) is 18.3. The Bertz CT molecular complexity index is 562. The van der Waals surface area contributed by atoms with E-state index in [1.165, 1.54) is 6.07 Å². The molecule has 1 aromatic carbocycles. The zero-order valence-corrected chi connectivity index (χ0v) is 13.8. The summed E-state index contributed by atoms with van der Waals surface area (Å²) in [6.45, 7) is 6.36. The molecule has 2 rings (SSSR count). The van der Waals surface area contributed by atoms with Gasteiger partial charge >= 0.3 is 0 Å². The molecule has 23 heavy (non-hydrogen) atoms. The highest BCUT2D eigenvalue weighted by molar-refractivity contribution is 5.94. The van der Waals surface area contributed by atoms with Crippen LogP contribution in [0.2, 0.25) is 0 Å². The summed E-state index contributed by atoms with van der Waals surface area (Å²) in [4.78, 5) is 16.1. The SMILES string of the molecule is CC(CC(C)N(C)C(=O)c1ccc(F)c(F)c1)CN1CC(O)C1. The number of hydrogen-bond donors (Lipinski definition) is 1. The van der Waals surface area contributed by atoms with Crippen LogP contribution in [0.3, 0.4) is 0 Å². The van der Waals surface area contributed by atoms with E-state index in [0.29, 0.717) is 19.0 Å². The molecule has 1 fully saturated rings. The molecule has 4 nitrogen and oxygen atoms in total. The van der Waals surface area contributed by atoms with Crippen molar-refractivity contribution >= 4 is 5.91 Å². The number of nitrogens with zero attached hydrogens (tertiary/aromatic N) is 2. The highest BCUT2D eigenvalue weighted by Crippen LogP contribution is 2.18. The van der Waals surface area contributed by atoms with E-state index in [0.717, 1.165) is 25.1 Å². The molecule has 0 spiro atoms. The molecule has 1 aliphatic heterocycles. The second-order valence-corrected chi connectivity index (χ2v) is 6.61. The molecule has 0 aliphatic carbocycles. The molecule has 0 radical (unpaired) electrons. The van der Waals surface area contributed by atoms with Crippen molar-refractivity contribution in [1.82, 2.24) is 9.80 Å². The Morgan fingerprint density at radius 2 is 2.00 bits per heavy atom. The summed E-state index contributed by atoms with van der Waals surface area (Å²) in [7, 11) is 1.67. The number of halogens is 2. The molecule has 1 aromatic rings. The maximum Gasteiger partial charge on any atom is 0.253 e. The van der Waals surface area contributed by atoms with Crippen LogP contribution < -0.4 is 0 Å². The number of likely N-dealkylation sites (tertiary alicyclic amines) is 1. The minimum absolute atomic E-state index is 0.0168. The molecule has 1 heterocycles. The zero-order valence-electron chi connectivity index (χ0n) is 13.8. The second kappa shape index (κ2) is 7.36. The third-order valence-corrected chi connectivity index (χ3v) is 4.40. The quantitative estimate of drug-likeness (QED) is 0.871. The van der Waals surface area contributed by atoms with Gasteiger partial charge in [0.05, 0.1) is 6.10 Å². The smallest absolute Gasteiger partial charge is 0.253 e. The van der Waals surface area contributed by atoms with Gasteiger partial charge in [0.15, 0.2) is 11.6 Å². The third kappa shape index (κ3) is 4.48. The van der Waals surface area contributed by atoms with E-state index in [4.69, 9.17) is 0 Å². The lowest BCUT2D eigenvalue weighted by Gasteiger charge is -2.38. The molecule has 128 valence electrons. The van der Waals surface area contributed by atoms with Gasteiger partial charge in [0, 0.05) is 38.3 Å². The number of carbonyl (C=O) groups excluding carboxylic acids is 1. The summed E-state index contributed by atoms with van der Waals surface area (Å²) in [5.74, 6) is -1.91. The Labute approximate surface area is 135 Å². The van der Waals surface area contributed by atoms with Crippen LogP contribution in [-0.2, 0) is 0 Å². The van der Waals surface area contributed by atoms with Crippen LogP contribution in [0.25, 0.3) is 0 Å². The molecule has 0 aromatic heterocycles. The van der Waals surface area contributed by atoms with Gasteiger partial charge in [-0.15, -0.1) is 0 Å². The monoisotopic (exact) mass is 326 g/mol. The second-order valence-electron chi connectivity index (χ2n) is 6.61. The van der Waals surface area contributed by atoms with Crippen molar-refractivity contribution in [3.63, 3.8) is 0 Å². The molecule has 1 aliphatic rings. The van der Waals surface area contributed by atoms with Crippen molar-refractivity contribution in [1.29, 1.82) is 0 Å². The van der Waals surface area contributed by atoms with Crippen molar-refractivity contribution in [3.8, 4) is 0 Å². The van der Waals surface area contributed by atoms with Crippen molar-refractivity contribution in [3.05, 3.63) is 35.4 Å². The van der Waals surface area contributed by atoms with Gasteiger partial charge < -0.3 is 10.0 Å². The number of carbonyl (C=O) groups is 1. The first-order valence-electron chi connectivity index (χ1n) is 7.90. The molecule has 1 amide bonds. The van der Waals surface area contributed by atoms with Crippen LogP contribution in [0.15, 0.2) is 18.2 Å². The van der Waals surface area contributed by atoms with Crippen LogP contribution in [0.1, 0.15) is 30.6 Å². The Hall–Kier alpha value is -1.53. The largest absolute Gasteiger partial charge is 0.390 e. The van der Waals surface area contributed by atoms with Crippen molar-refractivity contribution in [2.75, 3.05) is 26.7 Å². The van der Waals surface area contributed by atoms with Crippen molar-refractivity contribution < 1.29 is 18.7 Å². The minimum atomic E-state index is -1.01. The number of benzene rings is 1. The highest BCUT2D eigenvalue weighted by atomic mass is 19.2. The number of aliphatic hydroxyl groups is 1. The fourth-order valence-corrected chi connectivity index (χ4v) is 2.98. The van der Waals surface area contributed by atoms with E-state index >= 15 is 0 Å². The molecule has 2 atom stereocenters. The molecule has 2 unspecified atom stereocenters. The number of hydrogen-bond acceptors (Lipinski definition) is 3. The van der Waals surface area contributed by atoms with Crippen LogP contribution in [0.4, 0.5) is 8.78 Å². The minimum Gasteiger partial charge on any atom is -0.390 e.